The maximum Gasteiger partial charge on any atom is 0.305 e. The molecule has 1 rings (SSSR count). The summed E-state index contributed by atoms with van der Waals surface area (Å²) in [5, 5.41) is 13.7. The Morgan fingerprint density at radius 1 is 0.938 bits per heavy atom. The van der Waals surface area contributed by atoms with Gasteiger partial charge in [0.05, 0.1) is 19.2 Å². The summed E-state index contributed by atoms with van der Waals surface area (Å²) in [6.45, 7) is 1.55. The molecule has 0 spiro atoms. The van der Waals surface area contributed by atoms with Gasteiger partial charge in [-0.2, -0.15) is 0 Å². The summed E-state index contributed by atoms with van der Waals surface area (Å²) in [5.74, 6) is -0.863. The van der Waals surface area contributed by atoms with E-state index in [0.717, 1.165) is 5.56 Å². The summed E-state index contributed by atoms with van der Waals surface area (Å²) in [4.78, 5) is 33.1. The lowest BCUT2D eigenvalue weighted by Crippen LogP contribution is -2.23. The lowest BCUT2D eigenvalue weighted by molar-refractivity contribution is -0.136. The minimum Gasteiger partial charge on any atom is -0.495 e. The highest BCUT2D eigenvalue weighted by atomic mass is 16.5. The van der Waals surface area contributed by atoms with Crippen LogP contribution in [0.15, 0.2) is 85.0 Å². The zero-order valence-corrected chi connectivity index (χ0v) is 18.2. The zero-order chi connectivity index (χ0) is 23.6. The van der Waals surface area contributed by atoms with Crippen LogP contribution in [0.2, 0.25) is 0 Å². The molecule has 0 unspecified atom stereocenters. The molecule has 0 saturated carbocycles. The fourth-order valence-corrected chi connectivity index (χ4v) is 2.33. The number of hydrogen-bond donors (Lipinski definition) is 3. The predicted octanol–water partition coefficient (Wildman–Crippen LogP) is 4.04. The van der Waals surface area contributed by atoms with E-state index in [1.165, 1.54) is 13.0 Å². The molecule has 2 amide bonds. The van der Waals surface area contributed by atoms with Crippen molar-refractivity contribution in [2.24, 2.45) is 0 Å². The lowest BCUT2D eigenvalue weighted by atomic mass is 10.1. The number of carboxylic acids is 1. The fraction of sp³-hybridized carbons (Fsp3) is 0.160. The zero-order valence-electron chi connectivity index (χ0n) is 18.2. The van der Waals surface area contributed by atoms with Crippen LogP contribution in [0.25, 0.3) is 6.08 Å². The first-order valence-corrected chi connectivity index (χ1v) is 9.89. The summed E-state index contributed by atoms with van der Waals surface area (Å²) >= 11 is 0. The van der Waals surface area contributed by atoms with Crippen molar-refractivity contribution >= 4 is 29.5 Å². The third-order valence-electron chi connectivity index (χ3n) is 3.74. The monoisotopic (exact) mass is 436 g/mol. The summed E-state index contributed by atoms with van der Waals surface area (Å²) in [7, 11) is 1.56. The largest absolute Gasteiger partial charge is 0.495 e. The van der Waals surface area contributed by atoms with E-state index in [1.807, 2.05) is 60.7 Å². The molecule has 168 valence electrons. The van der Waals surface area contributed by atoms with Crippen molar-refractivity contribution in [2.45, 2.75) is 13.3 Å². The smallest absolute Gasteiger partial charge is 0.305 e. The number of allylic oxidation sites excluding steroid dienone is 10. The van der Waals surface area contributed by atoms with Crippen LogP contribution in [-0.4, -0.2) is 36.5 Å². The minimum atomic E-state index is -0.953. The second-order valence-corrected chi connectivity index (χ2v) is 6.30. The van der Waals surface area contributed by atoms with Crippen LogP contribution in [0, 0.1) is 0 Å². The summed E-state index contributed by atoms with van der Waals surface area (Å²) in [6, 6.07) is 5.53. The van der Waals surface area contributed by atoms with Crippen LogP contribution in [0.5, 0.6) is 5.75 Å². The van der Waals surface area contributed by atoms with Gasteiger partial charge in [0, 0.05) is 25.1 Å². The van der Waals surface area contributed by atoms with Crippen molar-refractivity contribution in [3.63, 3.8) is 0 Å². The van der Waals surface area contributed by atoms with Crippen molar-refractivity contribution < 1.29 is 24.2 Å². The first kappa shape index (κ1) is 25.9. The van der Waals surface area contributed by atoms with Crippen molar-refractivity contribution in [3.05, 3.63) is 90.6 Å². The molecule has 1 aromatic rings. The molecule has 7 nitrogen and oxygen atoms in total. The van der Waals surface area contributed by atoms with Gasteiger partial charge in [0.15, 0.2) is 0 Å². The van der Waals surface area contributed by atoms with Crippen LogP contribution < -0.4 is 15.4 Å². The summed E-state index contributed by atoms with van der Waals surface area (Å²) in [5.41, 5.74) is 1.46. The molecule has 0 aromatic heterocycles. The van der Waals surface area contributed by atoms with Gasteiger partial charge >= 0.3 is 5.97 Å². The third kappa shape index (κ3) is 11.8. The number of rotatable bonds is 12. The van der Waals surface area contributed by atoms with E-state index in [1.54, 1.807) is 31.4 Å². The molecule has 0 heterocycles. The highest BCUT2D eigenvalue weighted by Crippen LogP contribution is 2.29. The number of anilines is 1. The molecular weight excluding hydrogens is 408 g/mol. The number of carbonyl (C=O) groups is 3. The Bertz CT molecular complexity index is 953. The highest BCUT2D eigenvalue weighted by Gasteiger charge is 2.07. The quantitative estimate of drug-likeness (QED) is 0.339. The number of para-hydroxylation sites is 1. The first-order valence-electron chi connectivity index (χ1n) is 9.89. The Morgan fingerprint density at radius 3 is 2.09 bits per heavy atom. The van der Waals surface area contributed by atoms with Crippen LogP contribution >= 0.6 is 0 Å². The van der Waals surface area contributed by atoms with E-state index in [-0.39, 0.29) is 24.8 Å². The van der Waals surface area contributed by atoms with Gasteiger partial charge < -0.3 is 20.5 Å². The Labute approximate surface area is 188 Å². The maximum atomic E-state index is 11.4. The van der Waals surface area contributed by atoms with Gasteiger partial charge in [0.2, 0.25) is 11.8 Å². The molecule has 0 aliphatic heterocycles. The first-order chi connectivity index (χ1) is 15.4. The van der Waals surface area contributed by atoms with Crippen LogP contribution in [0.4, 0.5) is 5.69 Å². The Balaban J connectivity index is 2.46. The average Bonchev–Trinajstić information content (AvgIpc) is 2.74. The van der Waals surface area contributed by atoms with Crippen LogP contribution in [0.1, 0.15) is 18.9 Å². The molecule has 0 aliphatic carbocycles. The van der Waals surface area contributed by atoms with E-state index >= 15 is 0 Å². The average molecular weight is 437 g/mol. The van der Waals surface area contributed by atoms with Gasteiger partial charge in [-0.25, -0.2) is 0 Å². The Hall–Kier alpha value is -4.13. The van der Waals surface area contributed by atoms with Crippen molar-refractivity contribution in [3.8, 4) is 5.75 Å². The molecule has 0 atom stereocenters. The van der Waals surface area contributed by atoms with Crippen molar-refractivity contribution in [1.82, 2.24) is 5.32 Å². The van der Waals surface area contributed by atoms with E-state index in [9.17, 15) is 14.4 Å². The number of methoxy groups -OCH3 is 1. The maximum absolute atomic E-state index is 11.4. The second kappa shape index (κ2) is 15.7. The molecule has 1 aromatic carbocycles. The fourth-order valence-electron chi connectivity index (χ4n) is 2.33. The van der Waals surface area contributed by atoms with Crippen LogP contribution in [-0.2, 0) is 14.4 Å². The molecule has 0 fully saturated rings. The predicted molar refractivity (Wildman–Crippen MR) is 127 cm³/mol. The Kier molecular flexibility index (Phi) is 12.7. The summed E-state index contributed by atoms with van der Waals surface area (Å²) in [6.07, 6.45) is 21.1. The van der Waals surface area contributed by atoms with Crippen LogP contribution in [0.3, 0.4) is 0 Å². The molecule has 3 N–H and O–H groups in total. The van der Waals surface area contributed by atoms with E-state index in [2.05, 4.69) is 10.6 Å². The van der Waals surface area contributed by atoms with Gasteiger partial charge in [-0.3, -0.25) is 14.4 Å². The number of aliphatic carboxylic acids is 1. The standard InChI is InChI=1S/C25H28N2O5/c1-20(28)27-25-21(15-13-16-22(25)32-2)14-11-9-7-5-3-4-6-8-10-12-17-23(29)26-19-18-24(30)31/h3-17H,18-19H2,1-2H3,(H,26,29)(H,27,28)(H,30,31)/b5-3+,6-4+,9-7+,10-8+,14-11+,17-12+. The number of benzene rings is 1. The van der Waals surface area contributed by atoms with Gasteiger partial charge in [-0.1, -0.05) is 79.0 Å². The van der Waals surface area contributed by atoms with Gasteiger partial charge in [-0.05, 0) is 6.07 Å². The van der Waals surface area contributed by atoms with Crippen molar-refractivity contribution in [2.75, 3.05) is 19.0 Å². The van der Waals surface area contributed by atoms with E-state index in [4.69, 9.17) is 9.84 Å². The lowest BCUT2D eigenvalue weighted by Gasteiger charge is -2.11. The molecule has 0 bridgehead atoms. The van der Waals surface area contributed by atoms with E-state index in [0.29, 0.717) is 11.4 Å². The molecule has 0 aliphatic rings. The molecule has 0 saturated heterocycles. The highest BCUT2D eigenvalue weighted by molar-refractivity contribution is 5.93. The number of carboxylic acid groups (broad SMARTS) is 1. The number of ether oxygens (including phenoxy) is 1. The number of carbonyl (C=O) groups excluding carboxylic acids is 2. The van der Waals surface area contributed by atoms with E-state index < -0.39 is 5.97 Å². The second-order valence-electron chi connectivity index (χ2n) is 6.30. The SMILES string of the molecule is COc1cccc(/C=C/C=C/C=C/C=C/C=C/C=C/C(=O)NCCC(=O)O)c1NC(C)=O. The molecule has 32 heavy (non-hydrogen) atoms. The normalized spacial score (nSPS) is 12.1. The number of hydrogen-bond acceptors (Lipinski definition) is 4. The Morgan fingerprint density at radius 2 is 1.53 bits per heavy atom. The summed E-state index contributed by atoms with van der Waals surface area (Å²) < 4.78 is 5.29. The number of amides is 2. The van der Waals surface area contributed by atoms with Gasteiger partial charge in [-0.15, -0.1) is 0 Å². The topological polar surface area (TPSA) is 105 Å². The molecule has 0 radical (unpaired) electrons. The van der Waals surface area contributed by atoms with Gasteiger partial charge in [0.1, 0.15) is 5.75 Å². The van der Waals surface area contributed by atoms with Gasteiger partial charge in [0.25, 0.3) is 0 Å². The van der Waals surface area contributed by atoms with Crippen molar-refractivity contribution in [1.29, 1.82) is 0 Å². The minimum absolute atomic E-state index is 0.103. The molecule has 7 heteroatoms. The third-order valence-corrected chi connectivity index (χ3v) is 3.74. The molecular formula is C25H28N2O5. The number of nitrogens with one attached hydrogen (secondary N) is 2.